The number of rotatable bonds is 5. The maximum Gasteiger partial charge on any atom is 0.224 e. The number of nitrogens with one attached hydrogen (secondary N) is 2. The van der Waals surface area contributed by atoms with Crippen molar-refractivity contribution in [3.05, 3.63) is 82.0 Å². The van der Waals surface area contributed by atoms with Gasteiger partial charge in [-0.15, -0.1) is 0 Å². The van der Waals surface area contributed by atoms with E-state index in [9.17, 15) is 4.39 Å². The summed E-state index contributed by atoms with van der Waals surface area (Å²) in [7, 11) is 0. The highest BCUT2D eigenvalue weighted by molar-refractivity contribution is 6.31. The first-order chi connectivity index (χ1) is 14.0. The van der Waals surface area contributed by atoms with E-state index >= 15 is 0 Å². The van der Waals surface area contributed by atoms with Gasteiger partial charge in [0.05, 0.1) is 5.52 Å². The molecule has 8 heteroatoms. The molecular formula is C21H16Cl2FN5. The molecule has 0 bridgehead atoms. The summed E-state index contributed by atoms with van der Waals surface area (Å²) in [6.45, 7) is 2.03. The Labute approximate surface area is 176 Å². The first kappa shape index (κ1) is 19.4. The van der Waals surface area contributed by atoms with Gasteiger partial charge in [0.2, 0.25) is 5.95 Å². The Hall–Kier alpha value is -2.96. The number of fused-ring (bicyclic) bond motifs is 1. The number of hydrogen-bond acceptors (Lipinski definition) is 5. The highest BCUT2D eigenvalue weighted by atomic mass is 35.5. The molecule has 0 aliphatic rings. The van der Waals surface area contributed by atoms with Crippen molar-refractivity contribution in [2.24, 2.45) is 0 Å². The molecule has 0 aliphatic heterocycles. The van der Waals surface area contributed by atoms with Gasteiger partial charge >= 0.3 is 0 Å². The fraction of sp³-hybridized carbons (Fsp3) is 0.0952. The molecule has 2 heterocycles. The molecule has 0 aliphatic carbocycles. The number of hydrogen-bond donors (Lipinski definition) is 2. The summed E-state index contributed by atoms with van der Waals surface area (Å²) in [5, 5.41) is 8.21. The van der Waals surface area contributed by atoms with Gasteiger partial charge in [-0.2, -0.15) is 0 Å². The lowest BCUT2D eigenvalue weighted by Gasteiger charge is -2.12. The van der Waals surface area contributed by atoms with Gasteiger partial charge < -0.3 is 10.6 Å². The SMILES string of the molecule is Cc1cc(Cl)nc(NCc2cc(Nc3ccnc4cc(Cl)ccc34)ccc2F)n1. The largest absolute Gasteiger partial charge is 0.355 e. The molecule has 2 N–H and O–H groups in total. The van der Waals surface area contributed by atoms with Gasteiger partial charge in [0.25, 0.3) is 0 Å². The van der Waals surface area contributed by atoms with E-state index in [4.69, 9.17) is 23.2 Å². The van der Waals surface area contributed by atoms with Crippen LogP contribution in [0.4, 0.5) is 21.7 Å². The molecule has 4 aromatic rings. The number of halogens is 3. The van der Waals surface area contributed by atoms with Gasteiger partial charge in [0.15, 0.2) is 0 Å². The highest BCUT2D eigenvalue weighted by Gasteiger charge is 2.08. The number of aromatic nitrogens is 3. The molecule has 146 valence electrons. The van der Waals surface area contributed by atoms with Crippen molar-refractivity contribution >= 4 is 51.4 Å². The standard InChI is InChI=1S/C21H16Cl2FN5/c1-12-8-20(23)29-21(27-12)26-11-13-9-15(3-5-17(13)24)28-18-6-7-25-19-10-14(22)2-4-16(18)19/h2-10H,11H2,1H3,(H,25,28)(H,26,27,29). The van der Waals surface area contributed by atoms with Gasteiger partial charge in [0.1, 0.15) is 11.0 Å². The molecule has 2 aromatic heterocycles. The molecule has 0 atom stereocenters. The van der Waals surface area contributed by atoms with Crippen molar-refractivity contribution in [2.75, 3.05) is 10.6 Å². The number of nitrogens with zero attached hydrogens (tertiary/aromatic N) is 3. The molecule has 0 fully saturated rings. The first-order valence-corrected chi connectivity index (χ1v) is 9.58. The van der Waals surface area contributed by atoms with E-state index in [1.807, 2.05) is 25.1 Å². The molecule has 0 amide bonds. The second-order valence-corrected chi connectivity index (χ2v) is 7.28. The zero-order valence-corrected chi connectivity index (χ0v) is 16.9. The Morgan fingerprint density at radius 2 is 1.86 bits per heavy atom. The quantitative estimate of drug-likeness (QED) is 0.374. The van der Waals surface area contributed by atoms with Gasteiger partial charge in [-0.3, -0.25) is 4.98 Å². The fourth-order valence-electron chi connectivity index (χ4n) is 2.96. The summed E-state index contributed by atoms with van der Waals surface area (Å²) in [6, 6.07) is 13.9. The monoisotopic (exact) mass is 427 g/mol. The van der Waals surface area contributed by atoms with Crippen molar-refractivity contribution in [3.8, 4) is 0 Å². The number of pyridine rings is 1. The van der Waals surface area contributed by atoms with Crippen LogP contribution in [0.3, 0.4) is 0 Å². The van der Waals surface area contributed by atoms with E-state index < -0.39 is 0 Å². The van der Waals surface area contributed by atoms with E-state index in [0.29, 0.717) is 21.7 Å². The van der Waals surface area contributed by atoms with Crippen molar-refractivity contribution in [2.45, 2.75) is 13.5 Å². The van der Waals surface area contributed by atoms with Crippen LogP contribution in [0.2, 0.25) is 10.2 Å². The fourth-order valence-corrected chi connectivity index (χ4v) is 3.36. The second kappa shape index (κ2) is 8.19. The van der Waals surface area contributed by atoms with Gasteiger partial charge in [-0.1, -0.05) is 23.2 Å². The third kappa shape index (κ3) is 4.55. The van der Waals surface area contributed by atoms with E-state index in [2.05, 4.69) is 25.6 Å². The number of aryl methyl sites for hydroxylation is 1. The lowest BCUT2D eigenvalue weighted by Crippen LogP contribution is -2.06. The van der Waals surface area contributed by atoms with Crippen LogP contribution >= 0.6 is 23.2 Å². The maximum absolute atomic E-state index is 14.3. The van der Waals surface area contributed by atoms with E-state index in [1.165, 1.54) is 6.07 Å². The number of benzene rings is 2. The van der Waals surface area contributed by atoms with Crippen LogP contribution in [-0.4, -0.2) is 15.0 Å². The first-order valence-electron chi connectivity index (χ1n) is 8.83. The Balaban J connectivity index is 1.57. The average molecular weight is 428 g/mol. The lowest BCUT2D eigenvalue weighted by molar-refractivity contribution is 0.613. The summed E-state index contributed by atoms with van der Waals surface area (Å²) >= 11 is 12.0. The summed E-state index contributed by atoms with van der Waals surface area (Å²) in [5.74, 6) is 0.0259. The lowest BCUT2D eigenvalue weighted by atomic mass is 10.1. The van der Waals surface area contributed by atoms with E-state index in [1.54, 1.807) is 30.5 Å². The molecule has 0 unspecified atom stereocenters. The second-order valence-electron chi connectivity index (χ2n) is 6.46. The Morgan fingerprint density at radius 1 is 1.00 bits per heavy atom. The van der Waals surface area contributed by atoms with Crippen LogP contribution < -0.4 is 10.6 Å². The van der Waals surface area contributed by atoms with E-state index in [0.717, 1.165) is 28.0 Å². The zero-order chi connectivity index (χ0) is 20.4. The summed E-state index contributed by atoms with van der Waals surface area (Å²) in [5.41, 5.74) is 3.57. The topological polar surface area (TPSA) is 62.7 Å². The highest BCUT2D eigenvalue weighted by Crippen LogP contribution is 2.28. The predicted molar refractivity (Wildman–Crippen MR) is 116 cm³/mol. The van der Waals surface area contributed by atoms with Crippen LogP contribution in [0.5, 0.6) is 0 Å². The van der Waals surface area contributed by atoms with Crippen molar-refractivity contribution in [1.82, 2.24) is 15.0 Å². The van der Waals surface area contributed by atoms with Crippen LogP contribution in [0.15, 0.2) is 54.7 Å². The van der Waals surface area contributed by atoms with Crippen molar-refractivity contribution in [3.63, 3.8) is 0 Å². The van der Waals surface area contributed by atoms with Crippen LogP contribution in [0.1, 0.15) is 11.3 Å². The molecule has 29 heavy (non-hydrogen) atoms. The van der Waals surface area contributed by atoms with Crippen LogP contribution in [0.25, 0.3) is 10.9 Å². The molecule has 0 spiro atoms. The minimum Gasteiger partial charge on any atom is -0.355 e. The van der Waals surface area contributed by atoms with Crippen LogP contribution in [0, 0.1) is 12.7 Å². The van der Waals surface area contributed by atoms with Gasteiger partial charge in [-0.05, 0) is 55.5 Å². The molecular weight excluding hydrogens is 412 g/mol. The summed E-state index contributed by atoms with van der Waals surface area (Å²) in [6.07, 6.45) is 1.70. The minimum absolute atomic E-state index is 0.216. The minimum atomic E-state index is -0.326. The van der Waals surface area contributed by atoms with E-state index in [-0.39, 0.29) is 12.4 Å². The average Bonchev–Trinajstić information content (AvgIpc) is 2.67. The van der Waals surface area contributed by atoms with Crippen LogP contribution in [-0.2, 0) is 6.54 Å². The normalized spacial score (nSPS) is 10.9. The number of anilines is 3. The molecule has 0 saturated carbocycles. The summed E-state index contributed by atoms with van der Waals surface area (Å²) < 4.78 is 14.3. The van der Waals surface area contributed by atoms with Gasteiger partial charge in [-0.25, -0.2) is 14.4 Å². The third-order valence-corrected chi connectivity index (χ3v) is 4.72. The Bertz CT molecular complexity index is 1180. The zero-order valence-electron chi connectivity index (χ0n) is 15.4. The molecule has 0 saturated heterocycles. The predicted octanol–water partition coefficient (Wildman–Crippen LogP) is 6.13. The smallest absolute Gasteiger partial charge is 0.224 e. The Kier molecular flexibility index (Phi) is 5.47. The Morgan fingerprint density at radius 3 is 2.69 bits per heavy atom. The molecule has 4 rings (SSSR count). The van der Waals surface area contributed by atoms with Gasteiger partial charge in [0, 0.05) is 45.8 Å². The van der Waals surface area contributed by atoms with Crippen molar-refractivity contribution < 1.29 is 4.39 Å². The maximum atomic E-state index is 14.3. The molecule has 2 aromatic carbocycles. The third-order valence-electron chi connectivity index (χ3n) is 4.29. The van der Waals surface area contributed by atoms with Crippen molar-refractivity contribution in [1.29, 1.82) is 0 Å². The molecule has 5 nitrogen and oxygen atoms in total. The molecule has 0 radical (unpaired) electrons. The summed E-state index contributed by atoms with van der Waals surface area (Å²) in [4.78, 5) is 12.7.